The molecule has 0 radical (unpaired) electrons. The first kappa shape index (κ1) is 40.1. The third-order valence-corrected chi connectivity index (χ3v) is 8.00. The Kier molecular flexibility index (Phi) is 19.2. The number of benzene rings is 4. The van der Waals surface area contributed by atoms with Crippen molar-refractivity contribution in [3.63, 3.8) is 0 Å². The van der Waals surface area contributed by atoms with E-state index in [9.17, 15) is 0 Å². The zero-order valence-corrected chi connectivity index (χ0v) is 31.7. The van der Waals surface area contributed by atoms with Gasteiger partial charge in [0, 0.05) is 38.8 Å². The molecule has 47 heavy (non-hydrogen) atoms. The van der Waals surface area contributed by atoms with Crippen LogP contribution in [0.25, 0.3) is 44.1 Å². The van der Waals surface area contributed by atoms with Crippen LogP contribution in [0, 0.1) is 6.92 Å². The van der Waals surface area contributed by atoms with Crippen LogP contribution in [0.4, 0.5) is 0 Å². The Labute approximate surface area is 316 Å². The van der Waals surface area contributed by atoms with E-state index in [1.165, 1.54) is 51.9 Å². The number of halogens is 2. The number of hydrogen-bond acceptors (Lipinski definition) is 2. The number of aromatic nitrogens is 2. The van der Waals surface area contributed by atoms with Gasteiger partial charge in [0.15, 0.2) is 0 Å². The maximum absolute atomic E-state index is 4.58. The van der Waals surface area contributed by atoms with Crippen LogP contribution in [0.5, 0.6) is 0 Å². The number of aryl methyl sites for hydroxylation is 1. The molecule has 236 valence electrons. The Balaban J connectivity index is 0.000000274. The van der Waals surface area contributed by atoms with Crippen molar-refractivity contribution in [3.05, 3.63) is 164 Å². The largest absolute Gasteiger partial charge is 2.00 e. The Hall–Kier alpha value is -3.09. The van der Waals surface area contributed by atoms with Crippen molar-refractivity contribution in [1.29, 1.82) is 0 Å². The average molecular weight is 759 g/mol. The van der Waals surface area contributed by atoms with Crippen molar-refractivity contribution < 1.29 is 17.0 Å². The standard InChI is InChI=1S/C21H21N.C15H10BrN.C6H11.BrH.Mg/c1-2-3-4-5-8-17-11-13-19(14-12-17)21-20-10-7-6-9-18(20)15-16-22-21;16-13-7-5-12(6-8-13)15-14-4-2-1-3-11(14)9-10-17-15;1-3-5-6-4-2;;/h2,6-7,9-16H,1,3-5,8H2;1-10H;3H,1-2,4-6H2;1H;/q;;-1;;+2/p-1. The fraction of sp³-hybridized carbons (Fsp3) is 0.167. The quantitative estimate of drug-likeness (QED) is 0.0603. The van der Waals surface area contributed by atoms with Crippen molar-refractivity contribution in [1.82, 2.24) is 9.97 Å². The maximum atomic E-state index is 4.58. The molecule has 0 bridgehead atoms. The van der Waals surface area contributed by atoms with E-state index in [0.29, 0.717) is 0 Å². The Morgan fingerprint density at radius 1 is 0.596 bits per heavy atom. The Morgan fingerprint density at radius 3 is 1.53 bits per heavy atom. The normalized spacial score (nSPS) is 9.91. The third-order valence-electron chi connectivity index (χ3n) is 7.47. The van der Waals surface area contributed by atoms with Gasteiger partial charge in [-0.05, 0) is 72.7 Å². The van der Waals surface area contributed by atoms with Crippen LogP contribution in [-0.2, 0) is 6.42 Å². The first-order valence-corrected chi connectivity index (χ1v) is 16.5. The summed E-state index contributed by atoms with van der Waals surface area (Å²) in [5.74, 6) is 0. The molecule has 0 fully saturated rings. The molecule has 4 aromatic carbocycles. The molecule has 0 saturated carbocycles. The van der Waals surface area contributed by atoms with Gasteiger partial charge in [-0.15, -0.1) is 13.2 Å². The molecular formula is C42H42Br2MgN2. The zero-order chi connectivity index (χ0) is 31.7. The minimum Gasteiger partial charge on any atom is -1.00 e. The summed E-state index contributed by atoms with van der Waals surface area (Å²) in [5, 5.41) is 4.86. The maximum Gasteiger partial charge on any atom is 2.00 e. The van der Waals surface area contributed by atoms with Gasteiger partial charge < -0.3 is 23.9 Å². The van der Waals surface area contributed by atoms with Gasteiger partial charge in [-0.2, -0.15) is 6.42 Å². The number of allylic oxidation sites excluding steroid dienone is 2. The van der Waals surface area contributed by atoms with Crippen LogP contribution in [-0.4, -0.2) is 33.0 Å². The van der Waals surface area contributed by atoms with Crippen molar-refractivity contribution in [2.45, 2.75) is 44.9 Å². The van der Waals surface area contributed by atoms with E-state index in [1.54, 1.807) is 0 Å². The predicted octanol–water partition coefficient (Wildman–Crippen LogP) is 9.26. The van der Waals surface area contributed by atoms with Crippen molar-refractivity contribution >= 4 is 60.5 Å². The molecule has 6 rings (SSSR count). The molecule has 0 atom stereocenters. The summed E-state index contributed by atoms with van der Waals surface area (Å²) in [6.45, 7) is 11.0. The van der Waals surface area contributed by atoms with Crippen LogP contribution >= 0.6 is 15.9 Å². The van der Waals surface area contributed by atoms with Gasteiger partial charge in [-0.1, -0.05) is 119 Å². The predicted molar refractivity (Wildman–Crippen MR) is 205 cm³/mol. The van der Waals surface area contributed by atoms with E-state index >= 15 is 0 Å². The van der Waals surface area contributed by atoms with Gasteiger partial charge >= 0.3 is 23.1 Å². The Bertz CT molecular complexity index is 1770. The fourth-order valence-electron chi connectivity index (χ4n) is 5.04. The van der Waals surface area contributed by atoms with Gasteiger partial charge in [0.25, 0.3) is 0 Å². The summed E-state index contributed by atoms with van der Waals surface area (Å²) in [7, 11) is 0. The molecule has 2 heterocycles. The van der Waals surface area contributed by atoms with E-state index in [1.807, 2.05) is 54.9 Å². The van der Waals surface area contributed by atoms with Crippen LogP contribution < -0.4 is 17.0 Å². The summed E-state index contributed by atoms with van der Waals surface area (Å²) in [6, 6.07) is 37.9. The summed E-state index contributed by atoms with van der Waals surface area (Å²) < 4.78 is 1.08. The smallest absolute Gasteiger partial charge is 1.00 e. The van der Waals surface area contributed by atoms with Crippen LogP contribution in [0.15, 0.2) is 151 Å². The fourth-order valence-corrected chi connectivity index (χ4v) is 5.31. The summed E-state index contributed by atoms with van der Waals surface area (Å²) in [4.78, 5) is 9.07. The molecule has 2 nitrogen and oxygen atoms in total. The van der Waals surface area contributed by atoms with Crippen LogP contribution in [0.2, 0.25) is 0 Å². The summed E-state index contributed by atoms with van der Waals surface area (Å²) in [5.41, 5.74) is 5.83. The molecule has 0 amide bonds. The number of pyridine rings is 2. The van der Waals surface area contributed by atoms with Crippen molar-refractivity contribution in [2.24, 2.45) is 0 Å². The molecule has 0 N–H and O–H groups in total. The summed E-state index contributed by atoms with van der Waals surface area (Å²) in [6.07, 6.45) is 15.7. The van der Waals surface area contributed by atoms with E-state index < -0.39 is 0 Å². The molecule has 0 aliphatic rings. The Morgan fingerprint density at radius 2 is 1.06 bits per heavy atom. The monoisotopic (exact) mass is 756 g/mol. The second-order valence-corrected chi connectivity index (χ2v) is 11.7. The second-order valence-electron chi connectivity index (χ2n) is 10.8. The van der Waals surface area contributed by atoms with E-state index in [2.05, 4.69) is 125 Å². The number of hydrogen-bond donors (Lipinski definition) is 0. The minimum absolute atomic E-state index is 0. The molecule has 5 heteroatoms. The molecule has 0 saturated heterocycles. The first-order chi connectivity index (χ1) is 22.1. The molecule has 6 aromatic rings. The third kappa shape index (κ3) is 12.5. The van der Waals surface area contributed by atoms with Crippen molar-refractivity contribution in [2.75, 3.05) is 0 Å². The van der Waals surface area contributed by atoms with Gasteiger partial charge in [0.2, 0.25) is 0 Å². The molecular weight excluding hydrogens is 717 g/mol. The van der Waals surface area contributed by atoms with Gasteiger partial charge in [-0.25, -0.2) is 0 Å². The number of rotatable bonds is 10. The first-order valence-electron chi connectivity index (χ1n) is 15.7. The number of fused-ring (bicyclic) bond motifs is 2. The van der Waals surface area contributed by atoms with Crippen LogP contribution in [0.3, 0.4) is 0 Å². The molecule has 0 spiro atoms. The van der Waals surface area contributed by atoms with Crippen LogP contribution in [0.1, 0.15) is 44.1 Å². The summed E-state index contributed by atoms with van der Waals surface area (Å²) >= 11 is 3.45. The average Bonchev–Trinajstić information content (AvgIpc) is 3.10. The number of nitrogens with zero attached hydrogens (tertiary/aromatic N) is 2. The molecule has 0 aliphatic carbocycles. The van der Waals surface area contributed by atoms with Gasteiger partial charge in [0.05, 0.1) is 11.4 Å². The molecule has 0 unspecified atom stereocenters. The molecule has 0 aliphatic heterocycles. The second kappa shape index (κ2) is 22.5. The van der Waals surface area contributed by atoms with E-state index in [0.717, 1.165) is 47.1 Å². The number of unbranched alkanes of at least 4 members (excludes halogenated alkanes) is 4. The minimum atomic E-state index is 0. The van der Waals surface area contributed by atoms with Crippen molar-refractivity contribution in [3.8, 4) is 22.5 Å². The van der Waals surface area contributed by atoms with Gasteiger partial charge in [-0.3, -0.25) is 9.97 Å². The van der Waals surface area contributed by atoms with E-state index in [-0.39, 0.29) is 40.0 Å². The van der Waals surface area contributed by atoms with E-state index in [4.69, 9.17) is 0 Å². The zero-order valence-electron chi connectivity index (χ0n) is 27.1. The van der Waals surface area contributed by atoms with Gasteiger partial charge in [0.1, 0.15) is 0 Å². The molecule has 2 aromatic heterocycles. The topological polar surface area (TPSA) is 25.8 Å². The SMILES string of the molecule is Brc1ccc(-c2nccc3ccccc23)cc1.C=CCCCCc1ccc(-c2nccc3ccccc23)cc1.C=CCCC[CH2-].[Br-].[Mg+2].